The number of hydrogen-bond donors (Lipinski definition) is 2. The van der Waals surface area contributed by atoms with Crippen molar-refractivity contribution in [1.29, 1.82) is 5.26 Å². The lowest BCUT2D eigenvalue weighted by Gasteiger charge is -2.22. The van der Waals surface area contributed by atoms with E-state index in [0.717, 1.165) is 31.2 Å². The van der Waals surface area contributed by atoms with Crippen molar-refractivity contribution >= 4 is 17.5 Å². The molecule has 5 nitrogen and oxygen atoms in total. The van der Waals surface area contributed by atoms with E-state index in [0.29, 0.717) is 5.69 Å². The van der Waals surface area contributed by atoms with Crippen LogP contribution in [0.1, 0.15) is 52.0 Å². The summed E-state index contributed by atoms with van der Waals surface area (Å²) in [4.78, 5) is 23.6. The SMILES string of the molecule is CC(=O)N[C@@H](C(=O)Nc1ccc(C2(C#N)CCCC2)cc1)C(C)C. The van der Waals surface area contributed by atoms with E-state index in [2.05, 4.69) is 16.7 Å². The van der Waals surface area contributed by atoms with Crippen molar-refractivity contribution in [3.05, 3.63) is 29.8 Å². The van der Waals surface area contributed by atoms with Crippen molar-refractivity contribution in [2.24, 2.45) is 5.92 Å². The lowest BCUT2D eigenvalue weighted by molar-refractivity contribution is -0.126. The van der Waals surface area contributed by atoms with Crippen molar-refractivity contribution < 1.29 is 9.59 Å². The van der Waals surface area contributed by atoms with Gasteiger partial charge in [0.05, 0.1) is 11.5 Å². The van der Waals surface area contributed by atoms with E-state index >= 15 is 0 Å². The maximum atomic E-state index is 12.4. The first-order valence-corrected chi connectivity index (χ1v) is 8.48. The van der Waals surface area contributed by atoms with E-state index in [4.69, 9.17) is 0 Å². The summed E-state index contributed by atoms with van der Waals surface area (Å²) in [5.74, 6) is -0.464. The Morgan fingerprint density at radius 3 is 2.21 bits per heavy atom. The van der Waals surface area contributed by atoms with Crippen LogP contribution in [0.3, 0.4) is 0 Å². The van der Waals surface area contributed by atoms with Crippen LogP contribution in [0, 0.1) is 17.2 Å². The lowest BCUT2D eigenvalue weighted by Crippen LogP contribution is -2.46. The molecule has 1 aromatic carbocycles. The van der Waals surface area contributed by atoms with Gasteiger partial charge in [-0.05, 0) is 36.5 Å². The molecular formula is C19H25N3O2. The highest BCUT2D eigenvalue weighted by Gasteiger charge is 2.35. The minimum Gasteiger partial charge on any atom is -0.344 e. The highest BCUT2D eigenvalue weighted by molar-refractivity contribution is 5.97. The number of nitrogens with zero attached hydrogens (tertiary/aromatic N) is 1. The zero-order valence-corrected chi connectivity index (χ0v) is 14.6. The average Bonchev–Trinajstić information content (AvgIpc) is 3.03. The highest BCUT2D eigenvalue weighted by atomic mass is 16.2. The van der Waals surface area contributed by atoms with Gasteiger partial charge in [0, 0.05) is 12.6 Å². The van der Waals surface area contributed by atoms with Gasteiger partial charge < -0.3 is 10.6 Å². The van der Waals surface area contributed by atoms with Gasteiger partial charge in [-0.25, -0.2) is 0 Å². The van der Waals surface area contributed by atoms with Crippen molar-refractivity contribution in [2.75, 3.05) is 5.32 Å². The molecule has 1 aliphatic carbocycles. The monoisotopic (exact) mass is 327 g/mol. The van der Waals surface area contributed by atoms with Crippen LogP contribution in [0.5, 0.6) is 0 Å². The Morgan fingerprint density at radius 1 is 1.17 bits per heavy atom. The summed E-state index contributed by atoms with van der Waals surface area (Å²) in [5.41, 5.74) is 1.31. The van der Waals surface area contributed by atoms with Gasteiger partial charge in [-0.3, -0.25) is 9.59 Å². The third-order valence-corrected chi connectivity index (χ3v) is 4.68. The summed E-state index contributed by atoms with van der Waals surface area (Å²) in [7, 11) is 0. The Hall–Kier alpha value is -2.35. The Bertz CT molecular complexity index is 638. The van der Waals surface area contributed by atoms with Crippen LogP contribution in [-0.2, 0) is 15.0 Å². The molecule has 0 radical (unpaired) electrons. The molecule has 1 aliphatic rings. The summed E-state index contributed by atoms with van der Waals surface area (Å²) in [6.07, 6.45) is 3.96. The molecule has 2 rings (SSSR count). The molecule has 1 fully saturated rings. The number of rotatable bonds is 5. The maximum absolute atomic E-state index is 12.4. The molecule has 0 unspecified atom stereocenters. The Labute approximate surface area is 143 Å². The Kier molecular flexibility index (Phi) is 5.61. The van der Waals surface area contributed by atoms with Crippen molar-refractivity contribution in [2.45, 2.75) is 57.9 Å². The van der Waals surface area contributed by atoms with Gasteiger partial charge in [0.25, 0.3) is 0 Å². The predicted octanol–water partition coefficient (Wildman–Crippen LogP) is 3.12. The molecule has 0 aliphatic heterocycles. The van der Waals surface area contributed by atoms with Crippen molar-refractivity contribution in [3.63, 3.8) is 0 Å². The van der Waals surface area contributed by atoms with Gasteiger partial charge in [0.2, 0.25) is 11.8 Å². The van der Waals surface area contributed by atoms with Gasteiger partial charge in [0.1, 0.15) is 6.04 Å². The van der Waals surface area contributed by atoms with E-state index in [9.17, 15) is 14.9 Å². The van der Waals surface area contributed by atoms with Crippen LogP contribution in [-0.4, -0.2) is 17.9 Å². The van der Waals surface area contributed by atoms with Gasteiger partial charge in [0.15, 0.2) is 0 Å². The second-order valence-corrected chi connectivity index (χ2v) is 6.89. The van der Waals surface area contributed by atoms with Gasteiger partial charge >= 0.3 is 0 Å². The molecule has 0 aromatic heterocycles. The number of carbonyl (C=O) groups is 2. The van der Waals surface area contributed by atoms with Crippen LogP contribution >= 0.6 is 0 Å². The zero-order chi connectivity index (χ0) is 17.7. The third kappa shape index (κ3) is 3.94. The second kappa shape index (κ2) is 7.48. The first-order chi connectivity index (χ1) is 11.4. The van der Waals surface area contributed by atoms with Crippen molar-refractivity contribution in [1.82, 2.24) is 5.32 Å². The summed E-state index contributed by atoms with van der Waals surface area (Å²) in [6, 6.07) is 9.41. The smallest absolute Gasteiger partial charge is 0.247 e. The molecule has 1 saturated carbocycles. The minimum absolute atomic E-state index is 0.00600. The number of benzene rings is 1. The molecular weight excluding hydrogens is 302 g/mol. The number of amides is 2. The molecule has 1 atom stereocenters. The lowest BCUT2D eigenvalue weighted by atomic mass is 9.80. The average molecular weight is 327 g/mol. The summed E-state index contributed by atoms with van der Waals surface area (Å²) < 4.78 is 0. The van der Waals surface area contributed by atoms with Gasteiger partial charge in [-0.2, -0.15) is 5.26 Å². The standard InChI is InChI=1S/C19H25N3O2/c1-13(2)17(21-14(3)23)18(24)22-16-8-6-15(7-9-16)19(12-20)10-4-5-11-19/h6-9,13,17H,4-5,10-11H2,1-3H3,(H,21,23)(H,22,24)/t17-/m1/s1. The van der Waals surface area contributed by atoms with Crippen LogP contribution < -0.4 is 10.6 Å². The van der Waals surface area contributed by atoms with Crippen LogP contribution in [0.25, 0.3) is 0 Å². The van der Waals surface area contributed by atoms with Crippen LogP contribution in [0.15, 0.2) is 24.3 Å². The largest absolute Gasteiger partial charge is 0.344 e. The van der Waals surface area contributed by atoms with E-state index in [-0.39, 0.29) is 23.1 Å². The highest BCUT2D eigenvalue weighted by Crippen LogP contribution is 2.40. The predicted molar refractivity (Wildman–Crippen MR) is 93.3 cm³/mol. The molecule has 0 saturated heterocycles. The maximum Gasteiger partial charge on any atom is 0.247 e. The van der Waals surface area contributed by atoms with Gasteiger partial charge in [-0.15, -0.1) is 0 Å². The Morgan fingerprint density at radius 2 is 1.75 bits per heavy atom. The van der Waals surface area contributed by atoms with Crippen molar-refractivity contribution in [3.8, 4) is 6.07 Å². The first-order valence-electron chi connectivity index (χ1n) is 8.48. The normalized spacial score (nSPS) is 17.1. The minimum atomic E-state index is -0.567. The van der Waals surface area contributed by atoms with Crippen LogP contribution in [0.2, 0.25) is 0 Å². The fourth-order valence-electron chi connectivity index (χ4n) is 3.29. The topological polar surface area (TPSA) is 82.0 Å². The van der Waals surface area contributed by atoms with E-state index < -0.39 is 6.04 Å². The first kappa shape index (κ1) is 18.0. The van der Waals surface area contributed by atoms with E-state index in [1.807, 2.05) is 38.1 Å². The summed E-state index contributed by atoms with van der Waals surface area (Å²) in [6.45, 7) is 5.18. The molecule has 128 valence electrons. The molecule has 2 amide bonds. The fourth-order valence-corrected chi connectivity index (χ4v) is 3.29. The van der Waals surface area contributed by atoms with E-state index in [1.54, 1.807) is 0 Å². The quantitative estimate of drug-likeness (QED) is 0.871. The number of nitrogens with one attached hydrogen (secondary N) is 2. The molecule has 0 bridgehead atoms. The fraction of sp³-hybridized carbons (Fsp3) is 0.526. The van der Waals surface area contributed by atoms with Gasteiger partial charge in [-0.1, -0.05) is 38.8 Å². The molecule has 24 heavy (non-hydrogen) atoms. The number of carbonyl (C=O) groups excluding carboxylic acids is 2. The third-order valence-electron chi connectivity index (χ3n) is 4.68. The molecule has 0 heterocycles. The number of anilines is 1. The summed E-state index contributed by atoms with van der Waals surface area (Å²) >= 11 is 0. The van der Waals surface area contributed by atoms with Crippen LogP contribution in [0.4, 0.5) is 5.69 Å². The molecule has 5 heteroatoms. The molecule has 0 spiro atoms. The molecule has 2 N–H and O–H groups in total. The van der Waals surface area contributed by atoms with E-state index in [1.165, 1.54) is 6.92 Å². The Balaban J connectivity index is 2.09. The zero-order valence-electron chi connectivity index (χ0n) is 14.6. The summed E-state index contributed by atoms with van der Waals surface area (Å²) in [5, 5.41) is 15.1. The number of nitriles is 1. The molecule has 1 aromatic rings. The second-order valence-electron chi connectivity index (χ2n) is 6.89. The number of hydrogen-bond acceptors (Lipinski definition) is 3.